The van der Waals surface area contributed by atoms with Crippen LogP contribution in [0.5, 0.6) is 0 Å². The van der Waals surface area contributed by atoms with E-state index >= 15 is 0 Å². The Morgan fingerprint density at radius 2 is 0.897 bits per heavy atom. The van der Waals surface area contributed by atoms with Crippen molar-refractivity contribution in [3.8, 4) is 0 Å². The van der Waals surface area contributed by atoms with E-state index in [1.807, 2.05) is 0 Å². The first-order valence-corrected chi connectivity index (χ1v) is 35.2. The molecule has 1 aromatic heterocycles. The number of para-hydroxylation sites is 1. The topological polar surface area (TPSA) is 19.6 Å². The van der Waals surface area contributed by atoms with Gasteiger partial charge >= 0.3 is 0 Å². The second kappa shape index (κ2) is 18.9. The lowest BCUT2D eigenvalue weighted by Gasteiger charge is -2.43. The summed E-state index contributed by atoms with van der Waals surface area (Å²) >= 11 is 0. The monoisotopic (exact) mass is 1050 g/mol. The summed E-state index contributed by atoms with van der Waals surface area (Å²) < 4.78 is 7.56. The predicted molar refractivity (Wildman–Crippen MR) is 339 cm³/mol. The van der Waals surface area contributed by atoms with Crippen molar-refractivity contribution in [2.75, 3.05) is 9.80 Å². The van der Waals surface area contributed by atoms with Crippen LogP contribution in [0.2, 0.25) is 39.3 Å². The SMILES string of the molecule is CC(C)(C)c1ccc(N(C2=CC3C(c4ccccc42)c2c(cc(N(c4ccc(C(C)(C)C)cc4)c4ccc([Si](C)(C)C)cc4)c4c2oc2ccccc24)C3(c2ccccc2)c2ccccc2)c2ccc([Si](C)(C)C)cc2)cc1. The summed E-state index contributed by atoms with van der Waals surface area (Å²) in [6.45, 7) is 28.4. The Morgan fingerprint density at radius 1 is 0.462 bits per heavy atom. The van der Waals surface area contributed by atoms with E-state index in [1.165, 1.54) is 60.6 Å². The number of hydrogen-bond donors (Lipinski definition) is 0. The third-order valence-corrected chi connectivity index (χ3v) is 21.2. The molecule has 2 aliphatic rings. The first kappa shape index (κ1) is 51.3. The van der Waals surface area contributed by atoms with Gasteiger partial charge in [0.15, 0.2) is 0 Å². The van der Waals surface area contributed by atoms with Gasteiger partial charge in [-0.05, 0) is 105 Å². The number of anilines is 5. The molecular weight excluding hydrogens is 977 g/mol. The zero-order valence-electron chi connectivity index (χ0n) is 47.7. The van der Waals surface area contributed by atoms with Gasteiger partial charge < -0.3 is 14.2 Å². The summed E-state index contributed by atoms with van der Waals surface area (Å²) in [7, 11) is -3.22. The van der Waals surface area contributed by atoms with Gasteiger partial charge in [0.05, 0.1) is 38.3 Å². The van der Waals surface area contributed by atoms with Gasteiger partial charge in [-0.15, -0.1) is 0 Å². The van der Waals surface area contributed by atoms with Gasteiger partial charge in [-0.1, -0.05) is 249 Å². The summed E-state index contributed by atoms with van der Waals surface area (Å²) in [5, 5.41) is 5.12. The van der Waals surface area contributed by atoms with Crippen LogP contribution >= 0.6 is 0 Å². The van der Waals surface area contributed by atoms with E-state index in [-0.39, 0.29) is 22.7 Å². The van der Waals surface area contributed by atoms with Crippen LogP contribution in [-0.4, -0.2) is 16.1 Å². The molecule has 2 atom stereocenters. The van der Waals surface area contributed by atoms with Crippen LogP contribution in [0.3, 0.4) is 0 Å². The Labute approximate surface area is 466 Å². The van der Waals surface area contributed by atoms with E-state index in [9.17, 15) is 0 Å². The van der Waals surface area contributed by atoms with Crippen molar-refractivity contribution in [3.63, 3.8) is 0 Å². The number of allylic oxidation sites excluding steroid dienone is 1. The minimum Gasteiger partial charge on any atom is -0.456 e. The Bertz CT molecular complexity index is 3710. The van der Waals surface area contributed by atoms with Crippen molar-refractivity contribution >= 4 is 82.6 Å². The molecule has 10 aromatic rings. The molecule has 2 aliphatic carbocycles. The standard InChI is InChI=1S/C73H74N2OSi2/c1-71(2,3)49-31-35-53(36-32-49)74(55-39-43-57(44-40-55)77(7,8)9)64-47-62-67(60-28-20-19-27-59(60)64)69-63(73(62,51-23-15-13-16-24-51)52-25-17-14-18-26-52)48-65(68-61-29-21-22-30-66(61)76-70(68)69)75(54-37-33-50(34-38-54)72(4,5)6)56-41-45-58(46-42-56)78(10,11)12/h13-48,62,67H,1-12H3. The van der Waals surface area contributed by atoms with Crippen molar-refractivity contribution in [1.82, 2.24) is 0 Å². The summed E-state index contributed by atoms with van der Waals surface area (Å²) in [6, 6.07) is 81.1. The molecule has 9 aromatic carbocycles. The molecule has 5 heteroatoms. The number of fused-ring (bicyclic) bond motifs is 9. The van der Waals surface area contributed by atoms with Crippen LogP contribution < -0.4 is 20.2 Å². The maximum atomic E-state index is 7.56. The van der Waals surface area contributed by atoms with Gasteiger partial charge in [-0.25, -0.2) is 0 Å². The van der Waals surface area contributed by atoms with Crippen molar-refractivity contribution < 1.29 is 4.42 Å². The van der Waals surface area contributed by atoms with E-state index in [1.54, 1.807) is 0 Å². The summed E-state index contributed by atoms with van der Waals surface area (Å²) in [6.07, 6.45) is 2.67. The Kier molecular flexibility index (Phi) is 12.4. The summed E-state index contributed by atoms with van der Waals surface area (Å²) in [4.78, 5) is 5.07. The Balaban J connectivity index is 1.21. The molecule has 0 fully saturated rings. The maximum absolute atomic E-state index is 7.56. The smallest absolute Gasteiger partial charge is 0.141 e. The quantitative estimate of drug-likeness (QED) is 0.127. The largest absolute Gasteiger partial charge is 0.456 e. The van der Waals surface area contributed by atoms with Gasteiger partial charge in [0, 0.05) is 51.1 Å². The van der Waals surface area contributed by atoms with Crippen molar-refractivity contribution in [1.29, 1.82) is 0 Å². The number of benzene rings is 9. The second-order valence-electron chi connectivity index (χ2n) is 26.2. The van der Waals surface area contributed by atoms with E-state index in [2.05, 4.69) is 309 Å². The lowest BCUT2D eigenvalue weighted by atomic mass is 9.61. The van der Waals surface area contributed by atoms with Gasteiger partial charge in [0.25, 0.3) is 0 Å². The molecule has 390 valence electrons. The van der Waals surface area contributed by atoms with Crippen molar-refractivity contribution in [2.45, 2.75) is 103 Å². The van der Waals surface area contributed by atoms with E-state index in [0.717, 1.165) is 50.4 Å². The Hall–Kier alpha value is -7.45. The molecule has 0 amide bonds. The lowest BCUT2D eigenvalue weighted by molar-refractivity contribution is 0.449. The maximum Gasteiger partial charge on any atom is 0.141 e. The molecule has 0 spiro atoms. The third kappa shape index (κ3) is 8.62. The van der Waals surface area contributed by atoms with Crippen molar-refractivity contribution in [3.05, 3.63) is 263 Å². The molecule has 0 aliphatic heterocycles. The van der Waals surface area contributed by atoms with Crippen LogP contribution in [-0.2, 0) is 16.2 Å². The molecule has 78 heavy (non-hydrogen) atoms. The van der Waals surface area contributed by atoms with Gasteiger partial charge in [-0.2, -0.15) is 0 Å². The van der Waals surface area contributed by atoms with Gasteiger partial charge in [0.2, 0.25) is 0 Å². The minimum atomic E-state index is -1.62. The van der Waals surface area contributed by atoms with E-state index in [4.69, 9.17) is 4.42 Å². The summed E-state index contributed by atoms with van der Waals surface area (Å²) in [5.74, 6) is -0.172. The van der Waals surface area contributed by atoms with Crippen LogP contribution in [0.1, 0.15) is 92.0 Å². The molecular formula is C73H74N2OSi2. The third-order valence-electron chi connectivity index (χ3n) is 17.1. The van der Waals surface area contributed by atoms with E-state index in [0.29, 0.717) is 0 Å². The Morgan fingerprint density at radius 3 is 1.38 bits per heavy atom. The fourth-order valence-corrected chi connectivity index (χ4v) is 15.2. The lowest BCUT2D eigenvalue weighted by Crippen LogP contribution is -2.38. The van der Waals surface area contributed by atoms with Crippen LogP contribution in [0.15, 0.2) is 223 Å². The molecule has 2 unspecified atom stereocenters. The zero-order valence-corrected chi connectivity index (χ0v) is 49.7. The molecule has 0 bridgehead atoms. The fourth-order valence-electron chi connectivity index (χ4n) is 12.9. The van der Waals surface area contributed by atoms with E-state index < -0.39 is 21.6 Å². The highest BCUT2D eigenvalue weighted by Gasteiger charge is 2.57. The first-order chi connectivity index (χ1) is 37.2. The molecule has 3 nitrogen and oxygen atoms in total. The summed E-state index contributed by atoms with van der Waals surface area (Å²) in [5.41, 5.74) is 18.1. The molecule has 0 saturated carbocycles. The molecule has 0 radical (unpaired) electrons. The normalized spacial score (nSPS) is 16.1. The highest BCUT2D eigenvalue weighted by atomic mass is 28.3. The van der Waals surface area contributed by atoms with Gasteiger partial charge in [0.1, 0.15) is 11.2 Å². The first-order valence-electron chi connectivity index (χ1n) is 28.2. The predicted octanol–water partition coefficient (Wildman–Crippen LogP) is 19.0. The number of rotatable bonds is 10. The number of hydrogen-bond acceptors (Lipinski definition) is 3. The van der Waals surface area contributed by atoms with Crippen LogP contribution in [0, 0.1) is 5.92 Å². The molecule has 1 heterocycles. The van der Waals surface area contributed by atoms with Crippen LogP contribution in [0.4, 0.5) is 28.4 Å². The molecule has 0 N–H and O–H groups in total. The number of nitrogens with zero attached hydrogens (tertiary/aromatic N) is 2. The van der Waals surface area contributed by atoms with Gasteiger partial charge in [-0.3, -0.25) is 0 Å². The average molecular weight is 1050 g/mol. The highest BCUT2D eigenvalue weighted by Crippen LogP contribution is 2.66. The molecule has 0 saturated heterocycles. The fraction of sp³-hybridized carbons (Fsp3) is 0.233. The highest BCUT2D eigenvalue weighted by molar-refractivity contribution is 6.89. The average Bonchev–Trinajstić information content (AvgIpc) is 4.19. The zero-order chi connectivity index (χ0) is 54.5. The second-order valence-corrected chi connectivity index (χ2v) is 36.4. The number of furan rings is 1. The van der Waals surface area contributed by atoms with Crippen LogP contribution in [0.25, 0.3) is 27.6 Å². The van der Waals surface area contributed by atoms with Crippen molar-refractivity contribution in [2.24, 2.45) is 5.92 Å². The molecule has 12 rings (SSSR count). The minimum absolute atomic E-state index is 0.00322.